The molecule has 11 rings (SSSR count). The second-order valence-electron chi connectivity index (χ2n) is 16.5. The standard InChI is InChI=1S/C59H42N2/c1-59(2)54-25-15-14-24-49(54)50-32-30-45(37-55(50)59)40-26-28-42(29-27-40)46-34-35-51(48-23-13-12-22-47(46)48)56-38-57(61-58(60-56)43-20-10-5-11-21-43)52-33-31-44(39-16-6-3-7-17-39)36-53(52)41-18-8-4-9-19-41/h3-38H,1-2H3. The Morgan fingerprint density at radius 2 is 0.721 bits per heavy atom. The van der Waals surface area contributed by atoms with Crippen molar-refractivity contribution in [3.05, 3.63) is 230 Å². The number of nitrogens with zero attached hydrogens (tertiary/aromatic N) is 2. The van der Waals surface area contributed by atoms with E-state index in [9.17, 15) is 0 Å². The highest BCUT2D eigenvalue weighted by Gasteiger charge is 2.35. The van der Waals surface area contributed by atoms with Crippen LogP contribution in [0.3, 0.4) is 0 Å². The van der Waals surface area contributed by atoms with E-state index < -0.39 is 0 Å². The van der Waals surface area contributed by atoms with Crippen molar-refractivity contribution in [3.8, 4) is 89.5 Å². The van der Waals surface area contributed by atoms with Crippen molar-refractivity contribution < 1.29 is 0 Å². The SMILES string of the molecule is CC1(C)c2ccccc2-c2ccc(-c3ccc(-c4ccc(-c5cc(-c6ccc(-c7ccccc7)cc6-c6ccccc6)nc(-c6ccccc6)n5)c5ccccc45)cc3)cc21. The Labute approximate surface area is 357 Å². The van der Waals surface area contributed by atoms with Gasteiger partial charge in [-0.3, -0.25) is 0 Å². The highest BCUT2D eigenvalue weighted by Crippen LogP contribution is 2.49. The van der Waals surface area contributed by atoms with E-state index in [2.05, 4.69) is 226 Å². The second kappa shape index (κ2) is 14.9. The quantitative estimate of drug-likeness (QED) is 0.161. The minimum Gasteiger partial charge on any atom is -0.228 e. The molecule has 9 aromatic carbocycles. The van der Waals surface area contributed by atoms with Gasteiger partial charge in [0.05, 0.1) is 11.4 Å². The molecule has 10 aromatic rings. The van der Waals surface area contributed by atoms with Gasteiger partial charge in [0.2, 0.25) is 0 Å². The molecule has 0 amide bonds. The van der Waals surface area contributed by atoms with Gasteiger partial charge < -0.3 is 0 Å². The minimum absolute atomic E-state index is 0.0357. The highest BCUT2D eigenvalue weighted by molar-refractivity contribution is 6.05. The third kappa shape index (κ3) is 6.45. The minimum atomic E-state index is -0.0357. The fourth-order valence-electron chi connectivity index (χ4n) is 9.37. The van der Waals surface area contributed by atoms with Crippen LogP contribution >= 0.6 is 0 Å². The van der Waals surface area contributed by atoms with Gasteiger partial charge in [-0.1, -0.05) is 214 Å². The molecule has 61 heavy (non-hydrogen) atoms. The monoisotopic (exact) mass is 778 g/mol. The lowest BCUT2D eigenvalue weighted by Gasteiger charge is -2.22. The zero-order valence-electron chi connectivity index (χ0n) is 34.2. The predicted octanol–water partition coefficient (Wildman–Crippen LogP) is 15.6. The number of hydrogen-bond acceptors (Lipinski definition) is 2. The lowest BCUT2D eigenvalue weighted by Crippen LogP contribution is -2.14. The van der Waals surface area contributed by atoms with E-state index in [1.807, 2.05) is 6.07 Å². The topological polar surface area (TPSA) is 25.8 Å². The molecule has 0 aliphatic heterocycles. The van der Waals surface area contributed by atoms with Crippen LogP contribution < -0.4 is 0 Å². The Hall–Kier alpha value is -7.68. The van der Waals surface area contributed by atoms with Crippen LogP contribution in [0.4, 0.5) is 0 Å². The Bertz CT molecular complexity index is 3240. The molecule has 0 N–H and O–H groups in total. The molecule has 1 aliphatic carbocycles. The Kier molecular flexibility index (Phi) is 8.86. The van der Waals surface area contributed by atoms with E-state index in [0.717, 1.165) is 50.2 Å². The maximum absolute atomic E-state index is 5.30. The van der Waals surface area contributed by atoms with Crippen LogP contribution in [0.2, 0.25) is 0 Å². The molecule has 2 heteroatoms. The van der Waals surface area contributed by atoms with Crippen molar-refractivity contribution in [2.24, 2.45) is 0 Å². The zero-order valence-corrected chi connectivity index (χ0v) is 34.2. The first kappa shape index (κ1) is 36.4. The van der Waals surface area contributed by atoms with Gasteiger partial charge in [-0.25, -0.2) is 9.97 Å². The molecule has 1 aromatic heterocycles. The third-order valence-electron chi connectivity index (χ3n) is 12.6. The molecule has 1 heterocycles. The van der Waals surface area contributed by atoms with Crippen molar-refractivity contribution in [1.29, 1.82) is 0 Å². The molecular formula is C59H42N2. The number of fused-ring (bicyclic) bond motifs is 4. The van der Waals surface area contributed by atoms with E-state index in [4.69, 9.17) is 9.97 Å². The lowest BCUT2D eigenvalue weighted by molar-refractivity contribution is 0.660. The van der Waals surface area contributed by atoms with Gasteiger partial charge in [-0.2, -0.15) is 0 Å². The summed E-state index contributed by atoms with van der Waals surface area (Å²) >= 11 is 0. The van der Waals surface area contributed by atoms with Crippen molar-refractivity contribution in [1.82, 2.24) is 9.97 Å². The molecule has 288 valence electrons. The summed E-state index contributed by atoms with van der Waals surface area (Å²) in [5.74, 6) is 0.696. The Balaban J connectivity index is 1.01. The van der Waals surface area contributed by atoms with Gasteiger partial charge in [0.25, 0.3) is 0 Å². The molecule has 2 nitrogen and oxygen atoms in total. The van der Waals surface area contributed by atoms with E-state index in [-0.39, 0.29) is 5.41 Å². The van der Waals surface area contributed by atoms with Crippen LogP contribution in [-0.2, 0) is 5.41 Å². The predicted molar refractivity (Wildman–Crippen MR) is 255 cm³/mol. The summed E-state index contributed by atoms with van der Waals surface area (Å²) in [6, 6.07) is 78.5. The second-order valence-corrected chi connectivity index (χ2v) is 16.5. The van der Waals surface area contributed by atoms with Crippen molar-refractivity contribution in [3.63, 3.8) is 0 Å². The lowest BCUT2D eigenvalue weighted by atomic mass is 9.81. The summed E-state index contributed by atoms with van der Waals surface area (Å²) in [5, 5.41) is 2.33. The number of aromatic nitrogens is 2. The van der Waals surface area contributed by atoms with Crippen molar-refractivity contribution in [2.75, 3.05) is 0 Å². The van der Waals surface area contributed by atoms with E-state index in [0.29, 0.717) is 5.82 Å². The largest absolute Gasteiger partial charge is 0.228 e. The normalized spacial score (nSPS) is 12.6. The maximum atomic E-state index is 5.30. The van der Waals surface area contributed by atoms with Gasteiger partial charge in [-0.05, 0) is 95.7 Å². The van der Waals surface area contributed by atoms with Crippen LogP contribution in [0.1, 0.15) is 25.0 Å². The summed E-state index contributed by atoms with van der Waals surface area (Å²) in [4.78, 5) is 10.6. The molecule has 0 bridgehead atoms. The molecule has 0 atom stereocenters. The molecule has 0 fully saturated rings. The smallest absolute Gasteiger partial charge is 0.160 e. The summed E-state index contributed by atoms with van der Waals surface area (Å²) in [5.41, 5.74) is 19.8. The first-order valence-corrected chi connectivity index (χ1v) is 21.1. The van der Waals surface area contributed by atoms with E-state index in [1.54, 1.807) is 0 Å². The molecule has 1 aliphatic rings. The fourth-order valence-corrected chi connectivity index (χ4v) is 9.37. The van der Waals surface area contributed by atoms with Gasteiger partial charge in [-0.15, -0.1) is 0 Å². The highest BCUT2D eigenvalue weighted by atomic mass is 14.9. The summed E-state index contributed by atoms with van der Waals surface area (Å²) in [7, 11) is 0. The van der Waals surface area contributed by atoms with Gasteiger partial charge in [0, 0.05) is 22.1 Å². The Morgan fingerprint density at radius 1 is 0.279 bits per heavy atom. The van der Waals surface area contributed by atoms with Gasteiger partial charge in [0.1, 0.15) is 0 Å². The molecule has 0 saturated carbocycles. The summed E-state index contributed by atoms with van der Waals surface area (Å²) < 4.78 is 0. The average Bonchev–Trinajstić information content (AvgIpc) is 3.56. The average molecular weight is 779 g/mol. The molecular weight excluding hydrogens is 737 g/mol. The third-order valence-corrected chi connectivity index (χ3v) is 12.6. The van der Waals surface area contributed by atoms with Crippen molar-refractivity contribution >= 4 is 10.8 Å². The van der Waals surface area contributed by atoms with Gasteiger partial charge in [0.15, 0.2) is 5.82 Å². The van der Waals surface area contributed by atoms with E-state index >= 15 is 0 Å². The van der Waals surface area contributed by atoms with Gasteiger partial charge >= 0.3 is 0 Å². The fraction of sp³-hybridized carbons (Fsp3) is 0.0508. The first-order valence-electron chi connectivity index (χ1n) is 21.1. The van der Waals surface area contributed by atoms with Crippen LogP contribution in [0.25, 0.3) is 100 Å². The van der Waals surface area contributed by atoms with Crippen LogP contribution in [0.5, 0.6) is 0 Å². The Morgan fingerprint density at radius 3 is 1.43 bits per heavy atom. The molecule has 0 saturated heterocycles. The first-order chi connectivity index (χ1) is 30.0. The molecule has 0 unspecified atom stereocenters. The molecule has 0 spiro atoms. The van der Waals surface area contributed by atoms with Crippen LogP contribution in [0.15, 0.2) is 218 Å². The molecule has 0 radical (unpaired) electrons. The van der Waals surface area contributed by atoms with Crippen LogP contribution in [-0.4, -0.2) is 9.97 Å². The zero-order chi connectivity index (χ0) is 40.9. The summed E-state index contributed by atoms with van der Waals surface area (Å²) in [6.45, 7) is 4.69. The van der Waals surface area contributed by atoms with E-state index in [1.165, 1.54) is 55.5 Å². The number of benzene rings is 9. The van der Waals surface area contributed by atoms with Crippen LogP contribution in [0, 0.1) is 0 Å². The maximum Gasteiger partial charge on any atom is 0.160 e. The number of hydrogen-bond donors (Lipinski definition) is 0. The summed E-state index contributed by atoms with van der Waals surface area (Å²) in [6.07, 6.45) is 0. The number of rotatable bonds is 7. The van der Waals surface area contributed by atoms with Crippen molar-refractivity contribution in [2.45, 2.75) is 19.3 Å².